The van der Waals surface area contributed by atoms with Crippen LogP contribution < -0.4 is 15.6 Å². The van der Waals surface area contributed by atoms with Crippen molar-refractivity contribution >= 4 is 22.6 Å². The minimum Gasteiger partial charge on any atom is -0.495 e. The van der Waals surface area contributed by atoms with Crippen LogP contribution in [-0.2, 0) is 6.42 Å². The molecule has 4 rings (SSSR count). The number of benzene rings is 3. The molecule has 0 saturated carbocycles. The van der Waals surface area contributed by atoms with Gasteiger partial charge in [0.05, 0.1) is 35.4 Å². The lowest BCUT2D eigenvalue weighted by molar-refractivity contribution is 0.205. The molecular formula is C27H28N4O3. The van der Waals surface area contributed by atoms with Crippen molar-refractivity contribution in [1.29, 1.82) is 0 Å². The van der Waals surface area contributed by atoms with E-state index < -0.39 is 6.04 Å². The lowest BCUT2D eigenvalue weighted by Crippen LogP contribution is -2.37. The van der Waals surface area contributed by atoms with Gasteiger partial charge in [-0.2, -0.15) is 0 Å². The summed E-state index contributed by atoms with van der Waals surface area (Å²) in [6.07, 6.45) is 0.757. The Kier molecular flexibility index (Phi) is 6.63. The van der Waals surface area contributed by atoms with E-state index in [1.807, 2.05) is 68.4 Å². The molecule has 1 unspecified atom stereocenters. The predicted molar refractivity (Wildman–Crippen MR) is 135 cm³/mol. The number of para-hydroxylation sites is 4. The standard InChI is InChI=1S/C27H28N4O3/c1-5-19-12-6-10-16-23(19)31-25(28-21-14-8-7-13-20(21)26(31)32)18(2)30(3)27(33)29-22-15-9-11-17-24(22)34-4/h6-18H,5H2,1-4H3,(H,29,33). The molecule has 0 fully saturated rings. The van der Waals surface area contributed by atoms with Gasteiger partial charge in [0.1, 0.15) is 11.6 Å². The van der Waals surface area contributed by atoms with Crippen molar-refractivity contribution in [1.82, 2.24) is 14.5 Å². The highest BCUT2D eigenvalue weighted by Crippen LogP contribution is 2.27. The second-order valence-corrected chi connectivity index (χ2v) is 8.03. The third-order valence-electron chi connectivity index (χ3n) is 6.04. The van der Waals surface area contributed by atoms with E-state index in [1.54, 1.807) is 36.9 Å². The third-order valence-corrected chi connectivity index (χ3v) is 6.04. The maximum Gasteiger partial charge on any atom is 0.322 e. The van der Waals surface area contributed by atoms with Gasteiger partial charge in [-0.25, -0.2) is 9.78 Å². The van der Waals surface area contributed by atoms with Crippen LogP contribution in [0.3, 0.4) is 0 Å². The molecule has 1 heterocycles. The van der Waals surface area contributed by atoms with Crippen LogP contribution in [-0.4, -0.2) is 34.6 Å². The number of methoxy groups -OCH3 is 1. The average molecular weight is 457 g/mol. The van der Waals surface area contributed by atoms with E-state index in [-0.39, 0.29) is 11.6 Å². The first-order chi connectivity index (χ1) is 16.5. The van der Waals surface area contributed by atoms with Gasteiger partial charge in [-0.15, -0.1) is 0 Å². The number of carbonyl (C=O) groups is 1. The van der Waals surface area contributed by atoms with Gasteiger partial charge in [0.2, 0.25) is 0 Å². The number of nitrogens with one attached hydrogen (secondary N) is 1. The maximum atomic E-state index is 13.7. The van der Waals surface area contributed by atoms with Gasteiger partial charge in [0, 0.05) is 7.05 Å². The van der Waals surface area contributed by atoms with Crippen LogP contribution >= 0.6 is 0 Å². The average Bonchev–Trinajstić information content (AvgIpc) is 2.88. The van der Waals surface area contributed by atoms with Gasteiger partial charge in [-0.05, 0) is 49.2 Å². The van der Waals surface area contributed by atoms with Gasteiger partial charge in [-0.3, -0.25) is 9.36 Å². The summed E-state index contributed by atoms with van der Waals surface area (Å²) in [5.74, 6) is 1.05. The Morgan fingerprint density at radius 3 is 2.50 bits per heavy atom. The molecule has 1 aromatic heterocycles. The van der Waals surface area contributed by atoms with Crippen LogP contribution in [0.2, 0.25) is 0 Å². The summed E-state index contributed by atoms with van der Waals surface area (Å²) in [7, 11) is 3.24. The SMILES string of the molecule is CCc1ccccc1-n1c(C(C)N(C)C(=O)Nc2ccccc2OC)nc2ccccc2c1=O. The summed E-state index contributed by atoms with van der Waals surface area (Å²) in [5, 5.41) is 3.43. The van der Waals surface area contributed by atoms with Crippen LogP contribution in [0.1, 0.15) is 31.3 Å². The van der Waals surface area contributed by atoms with Gasteiger partial charge < -0.3 is 15.0 Å². The minimum absolute atomic E-state index is 0.160. The molecule has 3 aromatic carbocycles. The number of ether oxygens (including phenoxy) is 1. The fourth-order valence-corrected chi connectivity index (χ4v) is 3.99. The minimum atomic E-state index is -0.503. The number of hydrogen-bond donors (Lipinski definition) is 1. The third kappa shape index (κ3) is 4.24. The number of fused-ring (bicyclic) bond motifs is 1. The van der Waals surface area contributed by atoms with Crippen molar-refractivity contribution in [2.45, 2.75) is 26.3 Å². The molecule has 0 aliphatic rings. The molecule has 0 radical (unpaired) electrons. The predicted octanol–water partition coefficient (Wildman–Crippen LogP) is 5.18. The summed E-state index contributed by atoms with van der Waals surface area (Å²) >= 11 is 0. The highest BCUT2D eigenvalue weighted by atomic mass is 16.5. The summed E-state index contributed by atoms with van der Waals surface area (Å²) in [4.78, 5) is 33.2. The Balaban J connectivity index is 1.81. The molecule has 1 atom stereocenters. The van der Waals surface area contributed by atoms with Crippen molar-refractivity contribution in [3.8, 4) is 11.4 Å². The first-order valence-electron chi connectivity index (χ1n) is 11.2. The number of aryl methyl sites for hydroxylation is 1. The fourth-order valence-electron chi connectivity index (χ4n) is 3.99. The smallest absolute Gasteiger partial charge is 0.322 e. The highest BCUT2D eigenvalue weighted by molar-refractivity contribution is 5.91. The van der Waals surface area contributed by atoms with Gasteiger partial charge in [0.25, 0.3) is 5.56 Å². The van der Waals surface area contributed by atoms with Crippen molar-refractivity contribution in [3.05, 3.63) is 94.5 Å². The van der Waals surface area contributed by atoms with E-state index in [9.17, 15) is 9.59 Å². The van der Waals surface area contributed by atoms with Gasteiger partial charge in [0.15, 0.2) is 0 Å². The summed E-state index contributed by atoms with van der Waals surface area (Å²) in [6, 6.07) is 21.4. The first-order valence-corrected chi connectivity index (χ1v) is 11.2. The normalized spacial score (nSPS) is 11.8. The lowest BCUT2D eigenvalue weighted by atomic mass is 10.1. The number of nitrogens with zero attached hydrogens (tertiary/aromatic N) is 3. The van der Waals surface area contributed by atoms with E-state index in [4.69, 9.17) is 9.72 Å². The molecule has 2 amide bonds. The number of urea groups is 1. The van der Waals surface area contributed by atoms with E-state index in [1.165, 1.54) is 4.90 Å². The molecular weight excluding hydrogens is 428 g/mol. The molecule has 1 N–H and O–H groups in total. The zero-order chi connectivity index (χ0) is 24.2. The molecule has 34 heavy (non-hydrogen) atoms. The fraction of sp³-hybridized carbons (Fsp3) is 0.222. The van der Waals surface area contributed by atoms with E-state index in [2.05, 4.69) is 5.32 Å². The Bertz CT molecular complexity index is 1400. The number of anilines is 1. The maximum absolute atomic E-state index is 13.7. The number of aromatic nitrogens is 2. The lowest BCUT2D eigenvalue weighted by Gasteiger charge is -2.28. The van der Waals surface area contributed by atoms with E-state index >= 15 is 0 Å². The van der Waals surface area contributed by atoms with Gasteiger partial charge in [-0.1, -0.05) is 49.4 Å². The van der Waals surface area contributed by atoms with Crippen molar-refractivity contribution in [3.63, 3.8) is 0 Å². The second-order valence-electron chi connectivity index (χ2n) is 8.03. The Labute approximate surface area is 198 Å². The van der Waals surface area contributed by atoms with Crippen LogP contribution in [0.15, 0.2) is 77.6 Å². The molecule has 4 aromatic rings. The summed E-state index contributed by atoms with van der Waals surface area (Å²) in [6.45, 7) is 3.91. The number of carbonyl (C=O) groups excluding carboxylic acids is 1. The zero-order valence-electron chi connectivity index (χ0n) is 19.8. The topological polar surface area (TPSA) is 76.5 Å². The molecule has 0 aliphatic heterocycles. The zero-order valence-corrected chi connectivity index (χ0v) is 19.8. The first kappa shape index (κ1) is 23.0. The second kappa shape index (κ2) is 9.79. The van der Waals surface area contributed by atoms with Crippen molar-refractivity contribution < 1.29 is 9.53 Å². The Morgan fingerprint density at radius 1 is 1.06 bits per heavy atom. The molecule has 7 heteroatoms. The number of hydrogen-bond acceptors (Lipinski definition) is 4. The molecule has 0 spiro atoms. The monoisotopic (exact) mass is 456 g/mol. The number of rotatable bonds is 6. The molecule has 0 bridgehead atoms. The van der Waals surface area contributed by atoms with Crippen LogP contribution in [0.5, 0.6) is 5.75 Å². The number of amides is 2. The van der Waals surface area contributed by atoms with Crippen LogP contribution in [0.4, 0.5) is 10.5 Å². The molecule has 174 valence electrons. The Hall–Kier alpha value is -4.13. The molecule has 0 saturated heterocycles. The Morgan fingerprint density at radius 2 is 1.74 bits per heavy atom. The van der Waals surface area contributed by atoms with Crippen molar-refractivity contribution in [2.75, 3.05) is 19.5 Å². The van der Waals surface area contributed by atoms with E-state index in [0.29, 0.717) is 28.2 Å². The largest absolute Gasteiger partial charge is 0.495 e. The quantitative estimate of drug-likeness (QED) is 0.434. The summed E-state index contributed by atoms with van der Waals surface area (Å²) in [5.41, 5.74) is 2.80. The summed E-state index contributed by atoms with van der Waals surface area (Å²) < 4.78 is 6.98. The van der Waals surface area contributed by atoms with Crippen molar-refractivity contribution in [2.24, 2.45) is 0 Å². The highest BCUT2D eigenvalue weighted by Gasteiger charge is 2.25. The molecule has 7 nitrogen and oxygen atoms in total. The van der Waals surface area contributed by atoms with Crippen LogP contribution in [0, 0.1) is 0 Å². The van der Waals surface area contributed by atoms with Crippen LogP contribution in [0.25, 0.3) is 16.6 Å². The molecule has 0 aliphatic carbocycles. The van der Waals surface area contributed by atoms with E-state index in [0.717, 1.165) is 17.7 Å². The van der Waals surface area contributed by atoms with Gasteiger partial charge >= 0.3 is 6.03 Å².